The Balaban J connectivity index is 1.41. The van der Waals surface area contributed by atoms with Gasteiger partial charge in [-0.3, -0.25) is 9.69 Å². The lowest BCUT2D eigenvalue weighted by atomic mass is 9.88. The average Bonchev–Trinajstić information content (AvgIpc) is 3.30. The van der Waals surface area contributed by atoms with E-state index in [-0.39, 0.29) is 29.7 Å². The van der Waals surface area contributed by atoms with E-state index in [1.807, 2.05) is 12.1 Å². The Morgan fingerprint density at radius 1 is 1.07 bits per heavy atom. The van der Waals surface area contributed by atoms with Gasteiger partial charge in [0.2, 0.25) is 5.91 Å². The molecule has 1 saturated heterocycles. The van der Waals surface area contributed by atoms with Crippen molar-refractivity contribution in [3.05, 3.63) is 52.5 Å². The molecule has 6 heteroatoms. The van der Waals surface area contributed by atoms with Crippen LogP contribution in [0.4, 0.5) is 10.1 Å². The van der Waals surface area contributed by atoms with E-state index in [2.05, 4.69) is 39.6 Å². The number of thiophene rings is 1. The van der Waals surface area contributed by atoms with Crippen LogP contribution < -0.4 is 10.2 Å². The third-order valence-corrected chi connectivity index (χ3v) is 7.50. The van der Waals surface area contributed by atoms with Crippen molar-refractivity contribution in [2.24, 2.45) is 5.92 Å². The average molecular weight is 430 g/mol. The first-order valence-electron chi connectivity index (χ1n) is 11.2. The maximum atomic E-state index is 13.2. The van der Waals surface area contributed by atoms with Gasteiger partial charge in [-0.25, -0.2) is 4.39 Å². The molecule has 1 saturated carbocycles. The molecule has 162 valence electrons. The van der Waals surface area contributed by atoms with E-state index in [0.29, 0.717) is 0 Å². The number of nitrogens with one attached hydrogen (secondary N) is 1. The molecule has 2 aliphatic rings. The van der Waals surface area contributed by atoms with Gasteiger partial charge in [0.1, 0.15) is 5.82 Å². The van der Waals surface area contributed by atoms with Crippen molar-refractivity contribution >= 4 is 22.9 Å². The summed E-state index contributed by atoms with van der Waals surface area (Å²) >= 11 is 1.77. The van der Waals surface area contributed by atoms with Gasteiger partial charge in [-0.1, -0.05) is 25.3 Å². The van der Waals surface area contributed by atoms with Crippen molar-refractivity contribution in [1.29, 1.82) is 0 Å². The number of anilines is 1. The Hall–Kier alpha value is -1.92. The van der Waals surface area contributed by atoms with Gasteiger partial charge < -0.3 is 10.2 Å². The second kappa shape index (κ2) is 9.92. The van der Waals surface area contributed by atoms with Crippen LogP contribution in [0.2, 0.25) is 0 Å². The largest absolute Gasteiger partial charge is 0.369 e. The summed E-state index contributed by atoms with van der Waals surface area (Å²) in [5, 5.41) is 5.47. The van der Waals surface area contributed by atoms with Crippen LogP contribution >= 0.6 is 11.3 Å². The molecule has 4 nitrogen and oxygen atoms in total. The molecule has 30 heavy (non-hydrogen) atoms. The first kappa shape index (κ1) is 21.3. The standard InChI is InChI=1S/C24H32FN3OS/c1-18(26-24(29)19-6-3-2-4-7-19)23(22-8-5-17-30-22)28-15-13-27(14-16-28)21-11-9-20(25)10-12-21/h5,8-12,17-19,23H,2-4,6-7,13-16H2,1H3,(H,26,29)/t18-,23-/m1/s1. The van der Waals surface area contributed by atoms with Crippen LogP contribution in [0, 0.1) is 11.7 Å². The molecule has 0 bridgehead atoms. The summed E-state index contributed by atoms with van der Waals surface area (Å²) in [4.78, 5) is 19.0. The second-order valence-electron chi connectivity index (χ2n) is 8.59. The van der Waals surface area contributed by atoms with Crippen molar-refractivity contribution in [2.75, 3.05) is 31.1 Å². The van der Waals surface area contributed by atoms with Gasteiger partial charge >= 0.3 is 0 Å². The van der Waals surface area contributed by atoms with Crippen molar-refractivity contribution < 1.29 is 9.18 Å². The number of carbonyl (C=O) groups excluding carboxylic acids is 1. The van der Waals surface area contributed by atoms with Gasteiger partial charge in [0.05, 0.1) is 6.04 Å². The van der Waals surface area contributed by atoms with Crippen LogP contribution in [0.3, 0.4) is 0 Å². The highest BCUT2D eigenvalue weighted by atomic mass is 32.1. The molecular formula is C24H32FN3OS. The topological polar surface area (TPSA) is 35.6 Å². The molecule has 0 radical (unpaired) electrons. The summed E-state index contributed by atoms with van der Waals surface area (Å²) in [6.07, 6.45) is 5.66. The third kappa shape index (κ3) is 5.03. The Labute approximate surface area is 183 Å². The Bertz CT molecular complexity index is 796. The van der Waals surface area contributed by atoms with E-state index in [9.17, 15) is 9.18 Å². The Morgan fingerprint density at radius 3 is 2.40 bits per heavy atom. The minimum atomic E-state index is -0.197. The quantitative estimate of drug-likeness (QED) is 0.714. The smallest absolute Gasteiger partial charge is 0.223 e. The van der Waals surface area contributed by atoms with Crippen LogP contribution in [0.25, 0.3) is 0 Å². The molecule has 2 atom stereocenters. The lowest BCUT2D eigenvalue weighted by Gasteiger charge is -2.42. The number of carbonyl (C=O) groups is 1. The van der Waals surface area contributed by atoms with Crippen molar-refractivity contribution in [3.8, 4) is 0 Å². The zero-order valence-electron chi connectivity index (χ0n) is 17.7. The molecule has 1 N–H and O–H groups in total. The fraction of sp³-hybridized carbons (Fsp3) is 0.542. The fourth-order valence-corrected chi connectivity index (χ4v) is 5.86. The maximum Gasteiger partial charge on any atom is 0.223 e. The van der Waals surface area contributed by atoms with Crippen LogP contribution in [0.15, 0.2) is 41.8 Å². The second-order valence-corrected chi connectivity index (χ2v) is 9.57. The molecule has 1 aromatic carbocycles. The van der Waals surface area contributed by atoms with Gasteiger partial charge in [-0.05, 0) is 55.5 Å². The van der Waals surface area contributed by atoms with E-state index in [4.69, 9.17) is 0 Å². The lowest BCUT2D eigenvalue weighted by Crippen LogP contribution is -2.53. The predicted molar refractivity (Wildman–Crippen MR) is 121 cm³/mol. The van der Waals surface area contributed by atoms with Crippen LogP contribution in [-0.2, 0) is 4.79 Å². The minimum Gasteiger partial charge on any atom is -0.369 e. The minimum absolute atomic E-state index is 0.0652. The SMILES string of the molecule is C[C@@H](NC(=O)C1CCCCC1)[C@H](c1cccs1)N1CCN(c2ccc(F)cc2)CC1. The molecule has 1 aliphatic heterocycles. The zero-order chi connectivity index (χ0) is 20.9. The molecule has 0 unspecified atom stereocenters. The number of amides is 1. The number of halogens is 1. The number of nitrogens with zero attached hydrogens (tertiary/aromatic N) is 2. The molecule has 4 rings (SSSR count). The molecule has 0 spiro atoms. The monoisotopic (exact) mass is 429 g/mol. The van der Waals surface area contributed by atoms with E-state index in [1.165, 1.54) is 36.3 Å². The summed E-state index contributed by atoms with van der Waals surface area (Å²) in [6.45, 7) is 5.79. The predicted octanol–water partition coefficient (Wildman–Crippen LogP) is 4.84. The fourth-order valence-electron chi connectivity index (χ4n) is 4.90. The number of hydrogen-bond acceptors (Lipinski definition) is 4. The van der Waals surface area contributed by atoms with Crippen molar-refractivity contribution in [3.63, 3.8) is 0 Å². The van der Waals surface area contributed by atoms with E-state index < -0.39 is 0 Å². The highest BCUT2D eigenvalue weighted by Gasteiger charge is 2.32. The number of benzene rings is 1. The third-order valence-electron chi connectivity index (χ3n) is 6.55. The summed E-state index contributed by atoms with van der Waals surface area (Å²) in [6, 6.07) is 11.3. The summed E-state index contributed by atoms with van der Waals surface area (Å²) < 4.78 is 13.2. The molecule has 2 heterocycles. The normalized spacial score (nSPS) is 20.7. The molecule has 2 fully saturated rings. The van der Waals surface area contributed by atoms with Gasteiger partial charge in [-0.15, -0.1) is 11.3 Å². The highest BCUT2D eigenvalue weighted by molar-refractivity contribution is 7.10. The maximum absolute atomic E-state index is 13.2. The molecule has 1 aromatic heterocycles. The summed E-state index contributed by atoms with van der Waals surface area (Å²) in [5.74, 6) is 0.215. The van der Waals surface area contributed by atoms with E-state index >= 15 is 0 Å². The molecule has 2 aromatic rings. The van der Waals surface area contributed by atoms with E-state index in [0.717, 1.165) is 44.7 Å². The number of rotatable bonds is 6. The van der Waals surface area contributed by atoms with Crippen LogP contribution in [-0.4, -0.2) is 43.0 Å². The van der Waals surface area contributed by atoms with Gasteiger partial charge in [0, 0.05) is 48.7 Å². The number of hydrogen-bond donors (Lipinski definition) is 1. The zero-order valence-corrected chi connectivity index (χ0v) is 18.5. The van der Waals surface area contributed by atoms with Crippen LogP contribution in [0.1, 0.15) is 49.9 Å². The van der Waals surface area contributed by atoms with Crippen molar-refractivity contribution in [2.45, 2.75) is 51.1 Å². The summed E-state index contributed by atoms with van der Waals surface area (Å²) in [5.41, 5.74) is 1.07. The summed E-state index contributed by atoms with van der Waals surface area (Å²) in [7, 11) is 0. The van der Waals surface area contributed by atoms with Gasteiger partial charge in [-0.2, -0.15) is 0 Å². The Kier molecular flexibility index (Phi) is 7.05. The first-order chi connectivity index (χ1) is 14.6. The van der Waals surface area contributed by atoms with Crippen LogP contribution in [0.5, 0.6) is 0 Å². The van der Waals surface area contributed by atoms with E-state index in [1.54, 1.807) is 11.3 Å². The Morgan fingerprint density at radius 2 is 1.77 bits per heavy atom. The highest BCUT2D eigenvalue weighted by Crippen LogP contribution is 2.31. The van der Waals surface area contributed by atoms with Gasteiger partial charge in [0.25, 0.3) is 0 Å². The van der Waals surface area contributed by atoms with Crippen molar-refractivity contribution in [1.82, 2.24) is 10.2 Å². The number of piperazine rings is 1. The van der Waals surface area contributed by atoms with Gasteiger partial charge in [0.15, 0.2) is 0 Å². The molecule has 1 aliphatic carbocycles. The lowest BCUT2D eigenvalue weighted by molar-refractivity contribution is -0.127. The first-order valence-corrected chi connectivity index (χ1v) is 12.1. The molecular weight excluding hydrogens is 397 g/mol. The molecule has 1 amide bonds.